The molecule has 0 aliphatic carbocycles. The van der Waals surface area contributed by atoms with E-state index in [2.05, 4.69) is 15.3 Å². The summed E-state index contributed by atoms with van der Waals surface area (Å²) in [4.78, 5) is 32.9. The Labute approximate surface area is 210 Å². The highest BCUT2D eigenvalue weighted by Crippen LogP contribution is 2.33. The number of thiazole rings is 1. The predicted octanol–water partition coefficient (Wildman–Crippen LogP) is 4.89. The lowest BCUT2D eigenvalue weighted by molar-refractivity contribution is -0.166. The van der Waals surface area contributed by atoms with Crippen LogP contribution in [0.15, 0.2) is 83.9 Å². The highest BCUT2D eigenvalue weighted by molar-refractivity contribution is 7.07. The fourth-order valence-corrected chi connectivity index (χ4v) is 4.39. The van der Waals surface area contributed by atoms with Crippen LogP contribution in [0.2, 0.25) is 0 Å². The molecule has 2 aromatic carbocycles. The molecule has 0 fully saturated rings. The summed E-state index contributed by atoms with van der Waals surface area (Å²) in [5.74, 6) is -6.56. The van der Waals surface area contributed by atoms with E-state index < -0.39 is 23.5 Å². The Hall–Kier alpha value is -3.82. The van der Waals surface area contributed by atoms with E-state index in [1.54, 1.807) is 23.7 Å². The predicted molar refractivity (Wildman–Crippen MR) is 133 cm³/mol. The molecule has 0 aliphatic rings. The molecular weight excluding hydrogens is 484 g/mol. The molecule has 2 N–H and O–H groups in total. The number of rotatable bonds is 11. The van der Waals surface area contributed by atoms with Crippen molar-refractivity contribution < 1.29 is 23.5 Å². The second-order valence-corrected chi connectivity index (χ2v) is 9.00. The maximum atomic E-state index is 14.5. The Morgan fingerprint density at radius 3 is 2.42 bits per heavy atom. The van der Waals surface area contributed by atoms with Gasteiger partial charge >= 0.3 is 11.9 Å². The van der Waals surface area contributed by atoms with Crippen molar-refractivity contribution in [2.75, 3.05) is 0 Å². The van der Waals surface area contributed by atoms with Crippen molar-refractivity contribution in [3.05, 3.63) is 106 Å². The maximum Gasteiger partial charge on any atom is 0.379 e. The van der Waals surface area contributed by atoms with E-state index in [1.807, 2.05) is 35.7 Å². The van der Waals surface area contributed by atoms with Crippen LogP contribution in [0.4, 0.5) is 8.78 Å². The summed E-state index contributed by atoms with van der Waals surface area (Å²) < 4.78 is 29.0. The minimum atomic E-state index is -4.10. The van der Waals surface area contributed by atoms with Crippen molar-refractivity contribution in [2.24, 2.45) is 0 Å². The van der Waals surface area contributed by atoms with Gasteiger partial charge in [0.1, 0.15) is 0 Å². The Balaban J connectivity index is 1.64. The third kappa shape index (κ3) is 6.24. The van der Waals surface area contributed by atoms with Crippen LogP contribution in [-0.2, 0) is 34.9 Å². The van der Waals surface area contributed by atoms with Gasteiger partial charge in [-0.15, -0.1) is 11.3 Å². The van der Waals surface area contributed by atoms with Crippen molar-refractivity contribution in [3.8, 4) is 11.1 Å². The highest BCUT2D eigenvalue weighted by Gasteiger charge is 2.41. The van der Waals surface area contributed by atoms with Gasteiger partial charge in [0.05, 0.1) is 17.2 Å². The van der Waals surface area contributed by atoms with Crippen molar-refractivity contribution in [1.29, 1.82) is 0 Å². The third-order valence-electron chi connectivity index (χ3n) is 5.70. The summed E-state index contributed by atoms with van der Waals surface area (Å²) in [6, 6.07) is 16.0. The van der Waals surface area contributed by atoms with E-state index in [0.29, 0.717) is 29.7 Å². The zero-order chi connectivity index (χ0) is 25.5. The van der Waals surface area contributed by atoms with Crippen LogP contribution in [-0.4, -0.2) is 32.9 Å². The van der Waals surface area contributed by atoms with Crippen LogP contribution in [0.3, 0.4) is 0 Å². The van der Waals surface area contributed by atoms with Crippen molar-refractivity contribution in [2.45, 2.75) is 31.4 Å². The van der Waals surface area contributed by atoms with Crippen molar-refractivity contribution in [1.82, 2.24) is 15.3 Å². The lowest BCUT2D eigenvalue weighted by Gasteiger charge is -2.19. The molecule has 2 aromatic heterocycles. The lowest BCUT2D eigenvalue weighted by atomic mass is 9.92. The van der Waals surface area contributed by atoms with E-state index in [-0.39, 0.29) is 12.2 Å². The van der Waals surface area contributed by atoms with Gasteiger partial charge in [0.25, 0.3) is 0 Å². The van der Waals surface area contributed by atoms with E-state index in [4.69, 9.17) is 5.11 Å². The number of pyridine rings is 1. The summed E-state index contributed by atoms with van der Waals surface area (Å²) in [5.41, 5.74) is 4.05. The van der Waals surface area contributed by atoms with Gasteiger partial charge in [0, 0.05) is 36.3 Å². The number of alkyl halides is 2. The number of ketones is 1. The first kappa shape index (κ1) is 25.3. The first-order valence-electron chi connectivity index (χ1n) is 11.2. The SMILES string of the molecule is O=C(Cc1cc(-c2ccncc2)cc(C(F)(F)C(=O)O)c1)[C@H](Cc1ccccc1)NCc1cscn1. The summed E-state index contributed by atoms with van der Waals surface area (Å²) >= 11 is 1.45. The number of benzene rings is 2. The van der Waals surface area contributed by atoms with Crippen LogP contribution in [0.1, 0.15) is 22.4 Å². The van der Waals surface area contributed by atoms with Gasteiger partial charge in [-0.25, -0.2) is 9.78 Å². The molecule has 0 saturated heterocycles. The van der Waals surface area contributed by atoms with E-state index in [0.717, 1.165) is 23.4 Å². The number of carboxylic acid groups (broad SMARTS) is 1. The van der Waals surface area contributed by atoms with Gasteiger partial charge < -0.3 is 10.4 Å². The van der Waals surface area contributed by atoms with Crippen LogP contribution in [0.25, 0.3) is 11.1 Å². The zero-order valence-electron chi connectivity index (χ0n) is 19.1. The van der Waals surface area contributed by atoms with Crippen LogP contribution < -0.4 is 5.32 Å². The van der Waals surface area contributed by atoms with E-state index in [1.165, 1.54) is 23.7 Å². The molecule has 1 atom stereocenters. The average Bonchev–Trinajstić information content (AvgIpc) is 3.41. The molecule has 4 rings (SSSR count). The molecule has 0 aliphatic heterocycles. The maximum absolute atomic E-state index is 14.5. The molecule has 36 heavy (non-hydrogen) atoms. The molecule has 9 heteroatoms. The summed E-state index contributed by atoms with van der Waals surface area (Å²) in [6.07, 6.45) is 3.29. The van der Waals surface area contributed by atoms with Gasteiger partial charge in [-0.05, 0) is 52.9 Å². The number of nitrogens with one attached hydrogen (secondary N) is 1. The Morgan fingerprint density at radius 2 is 1.75 bits per heavy atom. The number of hydrogen-bond donors (Lipinski definition) is 2. The standard InChI is InChI=1S/C27H23F2N3O3S/c28-27(29,26(34)35)22-11-19(10-21(14-22)20-6-8-30-9-7-20)13-25(33)24(12-18-4-2-1-3-5-18)31-15-23-16-36-17-32-23/h1-11,14,16-17,24,31H,12-13,15H2,(H,34,35)/t24-/m0/s1. The van der Waals surface area contributed by atoms with Crippen molar-refractivity contribution in [3.63, 3.8) is 0 Å². The van der Waals surface area contributed by atoms with Crippen LogP contribution in [0.5, 0.6) is 0 Å². The molecule has 184 valence electrons. The fraction of sp³-hybridized carbons (Fsp3) is 0.185. The molecule has 0 amide bonds. The Kier molecular flexibility index (Phi) is 7.92. The van der Waals surface area contributed by atoms with Gasteiger partial charge in [-0.3, -0.25) is 9.78 Å². The molecule has 0 radical (unpaired) electrons. The Morgan fingerprint density at radius 1 is 1.00 bits per heavy atom. The topological polar surface area (TPSA) is 92.2 Å². The molecule has 0 bridgehead atoms. The number of carboxylic acids is 1. The fourth-order valence-electron chi connectivity index (χ4n) is 3.84. The highest BCUT2D eigenvalue weighted by atomic mass is 32.1. The number of carbonyl (C=O) groups is 2. The quantitative estimate of drug-likeness (QED) is 0.300. The van der Waals surface area contributed by atoms with Gasteiger partial charge in [-0.2, -0.15) is 8.78 Å². The first-order valence-corrected chi connectivity index (χ1v) is 12.1. The van der Waals surface area contributed by atoms with E-state index in [9.17, 15) is 18.4 Å². The minimum Gasteiger partial charge on any atom is -0.477 e. The molecule has 0 saturated carbocycles. The minimum absolute atomic E-state index is 0.150. The van der Waals surface area contributed by atoms with Crippen molar-refractivity contribution >= 4 is 23.1 Å². The average molecular weight is 508 g/mol. The monoisotopic (exact) mass is 507 g/mol. The number of aliphatic carboxylic acids is 1. The zero-order valence-corrected chi connectivity index (χ0v) is 19.9. The normalized spacial score (nSPS) is 12.3. The molecule has 2 heterocycles. The van der Waals surface area contributed by atoms with Gasteiger partial charge in [0.15, 0.2) is 5.78 Å². The molecule has 6 nitrogen and oxygen atoms in total. The first-order chi connectivity index (χ1) is 17.3. The number of aromatic nitrogens is 2. The smallest absolute Gasteiger partial charge is 0.379 e. The number of halogens is 2. The summed E-state index contributed by atoms with van der Waals surface area (Å²) in [5, 5.41) is 14.2. The van der Waals surface area contributed by atoms with E-state index >= 15 is 0 Å². The number of Topliss-reactive ketones (excluding diaryl/α,β-unsaturated/α-hetero) is 1. The Bertz CT molecular complexity index is 1320. The molecule has 4 aromatic rings. The lowest BCUT2D eigenvalue weighted by Crippen LogP contribution is -2.39. The number of hydrogen-bond acceptors (Lipinski definition) is 6. The molecule has 0 spiro atoms. The van der Waals surface area contributed by atoms with Gasteiger partial charge in [-0.1, -0.05) is 36.4 Å². The summed E-state index contributed by atoms with van der Waals surface area (Å²) in [6.45, 7) is 0.381. The number of carbonyl (C=O) groups excluding carboxylic acids is 1. The van der Waals surface area contributed by atoms with Gasteiger partial charge in [0.2, 0.25) is 0 Å². The third-order valence-corrected chi connectivity index (χ3v) is 6.34. The van der Waals surface area contributed by atoms with Crippen LogP contribution in [0, 0.1) is 0 Å². The molecular formula is C27H23F2N3O3S. The second kappa shape index (κ2) is 11.3. The largest absolute Gasteiger partial charge is 0.477 e. The molecule has 0 unspecified atom stereocenters. The summed E-state index contributed by atoms with van der Waals surface area (Å²) in [7, 11) is 0. The second-order valence-electron chi connectivity index (χ2n) is 8.28. The van der Waals surface area contributed by atoms with Crippen LogP contribution >= 0.6 is 11.3 Å². The number of nitrogens with zero attached hydrogens (tertiary/aromatic N) is 2.